The predicted octanol–water partition coefficient (Wildman–Crippen LogP) is 1.27. The Labute approximate surface area is 120 Å². The third kappa shape index (κ3) is 3.34. The van der Waals surface area contributed by atoms with E-state index in [1.807, 2.05) is 0 Å². The molecule has 1 amide bonds. The quantitative estimate of drug-likeness (QED) is 0.653. The summed E-state index contributed by atoms with van der Waals surface area (Å²) in [6.45, 7) is 1.13. The first-order valence-electron chi connectivity index (χ1n) is 6.32. The van der Waals surface area contributed by atoms with Gasteiger partial charge in [0.1, 0.15) is 5.60 Å². The van der Waals surface area contributed by atoms with E-state index < -0.39 is 27.9 Å². The molecular weight excluding hydrogens is 283 g/mol. The second-order valence-corrected chi connectivity index (χ2v) is 4.80. The maximum atomic E-state index is 13.2. The molecule has 1 aromatic rings. The van der Waals surface area contributed by atoms with Gasteiger partial charge in [-0.25, -0.2) is 0 Å². The van der Waals surface area contributed by atoms with E-state index >= 15 is 0 Å². The molecule has 0 radical (unpaired) electrons. The lowest BCUT2D eigenvalue weighted by Gasteiger charge is -2.25. The van der Waals surface area contributed by atoms with Gasteiger partial charge in [-0.05, 0) is 12.1 Å². The molecule has 1 aliphatic rings. The number of ether oxygens (including phenoxy) is 2. The third-order valence-electron chi connectivity index (χ3n) is 3.48. The van der Waals surface area contributed by atoms with Crippen molar-refractivity contribution in [1.82, 2.24) is 5.32 Å². The van der Waals surface area contributed by atoms with Gasteiger partial charge in [0.25, 0.3) is 5.91 Å². The standard InChI is InChI=1S/C13H15FN2O5/c1-20-13(4-5-21-8-13)7-15-12(17)9-2-3-10(14)11(6-9)16(18)19/h2-3,6H,4-5,7-8H2,1H3,(H,15,17). The van der Waals surface area contributed by atoms with Gasteiger partial charge >= 0.3 is 5.69 Å². The highest BCUT2D eigenvalue weighted by atomic mass is 19.1. The monoisotopic (exact) mass is 298 g/mol. The summed E-state index contributed by atoms with van der Waals surface area (Å²) in [5.74, 6) is -1.50. The van der Waals surface area contributed by atoms with E-state index in [-0.39, 0.29) is 12.1 Å². The van der Waals surface area contributed by atoms with E-state index in [1.54, 1.807) is 0 Å². The van der Waals surface area contributed by atoms with Crippen molar-refractivity contribution in [3.63, 3.8) is 0 Å². The SMILES string of the molecule is COC1(CNC(=O)c2ccc(F)c([N+](=O)[O-])c2)CCOC1. The van der Waals surface area contributed by atoms with Crippen LogP contribution in [-0.2, 0) is 9.47 Å². The molecule has 0 spiro atoms. The lowest BCUT2D eigenvalue weighted by Crippen LogP contribution is -2.45. The molecule has 7 nitrogen and oxygen atoms in total. The number of halogens is 1. The van der Waals surface area contributed by atoms with E-state index in [1.165, 1.54) is 13.2 Å². The molecule has 21 heavy (non-hydrogen) atoms. The number of hydrogen-bond acceptors (Lipinski definition) is 5. The fourth-order valence-corrected chi connectivity index (χ4v) is 2.10. The van der Waals surface area contributed by atoms with Gasteiger partial charge in [-0.2, -0.15) is 4.39 Å². The zero-order chi connectivity index (χ0) is 15.5. The zero-order valence-electron chi connectivity index (χ0n) is 11.4. The second-order valence-electron chi connectivity index (χ2n) is 4.80. The number of amides is 1. The summed E-state index contributed by atoms with van der Waals surface area (Å²) >= 11 is 0. The maximum Gasteiger partial charge on any atom is 0.305 e. The minimum absolute atomic E-state index is 0.0215. The van der Waals surface area contributed by atoms with Gasteiger partial charge in [0.2, 0.25) is 5.82 Å². The van der Waals surface area contributed by atoms with Crippen molar-refractivity contribution in [3.05, 3.63) is 39.7 Å². The van der Waals surface area contributed by atoms with Crippen molar-refractivity contribution < 1.29 is 23.6 Å². The molecule has 1 aliphatic heterocycles. The number of methoxy groups -OCH3 is 1. The van der Waals surface area contributed by atoms with Crippen molar-refractivity contribution in [3.8, 4) is 0 Å². The van der Waals surface area contributed by atoms with Crippen molar-refractivity contribution in [1.29, 1.82) is 0 Å². The van der Waals surface area contributed by atoms with Crippen LogP contribution in [0.15, 0.2) is 18.2 Å². The number of carbonyl (C=O) groups excluding carboxylic acids is 1. The first kappa shape index (κ1) is 15.3. The number of nitrogens with zero attached hydrogens (tertiary/aromatic N) is 1. The molecule has 0 bridgehead atoms. The van der Waals surface area contributed by atoms with Crippen molar-refractivity contribution >= 4 is 11.6 Å². The minimum atomic E-state index is -0.978. The fraction of sp³-hybridized carbons (Fsp3) is 0.462. The number of rotatable bonds is 5. The van der Waals surface area contributed by atoms with Crippen LogP contribution < -0.4 is 5.32 Å². The van der Waals surface area contributed by atoms with Crippen LogP contribution in [0.5, 0.6) is 0 Å². The van der Waals surface area contributed by atoms with Crippen LogP contribution >= 0.6 is 0 Å². The normalized spacial score (nSPS) is 21.2. The van der Waals surface area contributed by atoms with Gasteiger partial charge < -0.3 is 14.8 Å². The number of benzene rings is 1. The molecule has 114 valence electrons. The summed E-state index contributed by atoms with van der Waals surface area (Å²) in [5, 5.41) is 13.3. The molecule has 0 aliphatic carbocycles. The van der Waals surface area contributed by atoms with Crippen LogP contribution in [0.25, 0.3) is 0 Å². The van der Waals surface area contributed by atoms with Crippen LogP contribution in [0.2, 0.25) is 0 Å². The van der Waals surface area contributed by atoms with Crippen LogP contribution in [0.4, 0.5) is 10.1 Å². The third-order valence-corrected chi connectivity index (χ3v) is 3.48. The summed E-state index contributed by atoms with van der Waals surface area (Å²) in [4.78, 5) is 21.8. The van der Waals surface area contributed by atoms with Gasteiger partial charge in [0, 0.05) is 38.3 Å². The van der Waals surface area contributed by atoms with Crippen molar-refractivity contribution in [2.24, 2.45) is 0 Å². The maximum absolute atomic E-state index is 13.2. The smallest absolute Gasteiger partial charge is 0.305 e. The average Bonchev–Trinajstić information content (AvgIpc) is 2.94. The lowest BCUT2D eigenvalue weighted by atomic mass is 10.0. The molecule has 0 saturated carbocycles. The predicted molar refractivity (Wildman–Crippen MR) is 70.6 cm³/mol. The summed E-state index contributed by atoms with van der Waals surface area (Å²) in [6, 6.07) is 3.01. The molecule has 1 aromatic carbocycles. The Morgan fingerprint density at radius 1 is 1.62 bits per heavy atom. The molecule has 0 aromatic heterocycles. The Hall–Kier alpha value is -2.06. The van der Waals surface area contributed by atoms with E-state index in [4.69, 9.17) is 9.47 Å². The number of carbonyl (C=O) groups is 1. The van der Waals surface area contributed by atoms with E-state index in [0.717, 1.165) is 12.1 Å². The minimum Gasteiger partial charge on any atom is -0.378 e. The Bertz CT molecular complexity index is 557. The van der Waals surface area contributed by atoms with Crippen LogP contribution in [0, 0.1) is 15.9 Å². The molecule has 1 heterocycles. The topological polar surface area (TPSA) is 90.7 Å². The Balaban J connectivity index is 2.07. The van der Waals surface area contributed by atoms with Gasteiger partial charge in [0.05, 0.1) is 11.5 Å². The highest BCUT2D eigenvalue weighted by molar-refractivity contribution is 5.94. The molecule has 1 fully saturated rings. The average molecular weight is 298 g/mol. The lowest BCUT2D eigenvalue weighted by molar-refractivity contribution is -0.387. The molecule has 1 atom stereocenters. The summed E-state index contributed by atoms with van der Waals surface area (Å²) < 4.78 is 23.8. The number of nitro groups is 1. The zero-order valence-corrected chi connectivity index (χ0v) is 11.4. The molecule has 2 rings (SSSR count). The van der Waals surface area contributed by atoms with Gasteiger partial charge in [0.15, 0.2) is 0 Å². The number of hydrogen-bond donors (Lipinski definition) is 1. The highest BCUT2D eigenvalue weighted by Gasteiger charge is 2.35. The van der Waals surface area contributed by atoms with Gasteiger partial charge in [-0.1, -0.05) is 0 Å². The van der Waals surface area contributed by atoms with Crippen molar-refractivity contribution in [2.75, 3.05) is 26.9 Å². The Morgan fingerprint density at radius 3 is 2.95 bits per heavy atom. The van der Waals surface area contributed by atoms with Crippen LogP contribution in [0.3, 0.4) is 0 Å². The molecular formula is C13H15FN2O5. The Morgan fingerprint density at radius 2 is 2.38 bits per heavy atom. The second kappa shape index (κ2) is 6.15. The van der Waals surface area contributed by atoms with Crippen LogP contribution in [0.1, 0.15) is 16.8 Å². The largest absolute Gasteiger partial charge is 0.378 e. The highest BCUT2D eigenvalue weighted by Crippen LogP contribution is 2.22. The summed E-state index contributed by atoms with van der Waals surface area (Å²) in [5.41, 5.74) is -1.29. The van der Waals surface area contributed by atoms with E-state index in [2.05, 4.69) is 5.32 Å². The van der Waals surface area contributed by atoms with Gasteiger partial charge in [-0.3, -0.25) is 14.9 Å². The molecule has 1 N–H and O–H groups in total. The first-order valence-corrected chi connectivity index (χ1v) is 6.32. The molecule has 8 heteroatoms. The molecule has 1 unspecified atom stereocenters. The van der Waals surface area contributed by atoms with E-state index in [9.17, 15) is 19.3 Å². The fourth-order valence-electron chi connectivity index (χ4n) is 2.10. The summed E-state index contributed by atoms with van der Waals surface area (Å²) in [7, 11) is 1.53. The summed E-state index contributed by atoms with van der Waals surface area (Å²) in [6.07, 6.45) is 0.646. The van der Waals surface area contributed by atoms with Crippen molar-refractivity contribution in [2.45, 2.75) is 12.0 Å². The number of nitrogens with one attached hydrogen (secondary N) is 1. The van der Waals surface area contributed by atoms with Crippen LogP contribution in [-0.4, -0.2) is 43.3 Å². The Kier molecular flexibility index (Phi) is 4.49. The van der Waals surface area contributed by atoms with E-state index in [0.29, 0.717) is 19.6 Å². The van der Waals surface area contributed by atoms with Gasteiger partial charge in [-0.15, -0.1) is 0 Å². The first-order chi connectivity index (χ1) is 9.97. The number of nitro benzene ring substituents is 1. The molecule has 1 saturated heterocycles.